The summed E-state index contributed by atoms with van der Waals surface area (Å²) in [4.78, 5) is 2.51. The van der Waals surface area contributed by atoms with E-state index in [0.29, 0.717) is 12.6 Å². The number of hydrogen-bond donors (Lipinski definition) is 2. The summed E-state index contributed by atoms with van der Waals surface area (Å²) in [6.07, 6.45) is 2.17. The highest BCUT2D eigenvalue weighted by atomic mass is 16.5. The summed E-state index contributed by atoms with van der Waals surface area (Å²) in [6.45, 7) is 6.18. The van der Waals surface area contributed by atoms with Gasteiger partial charge < -0.3 is 15.2 Å². The van der Waals surface area contributed by atoms with Gasteiger partial charge in [0.05, 0.1) is 13.2 Å². The van der Waals surface area contributed by atoms with E-state index in [1.807, 2.05) is 24.3 Å². The molecule has 2 rings (SSSR count). The number of ether oxygens (including phenoxy) is 1. The van der Waals surface area contributed by atoms with Crippen molar-refractivity contribution in [2.24, 2.45) is 0 Å². The van der Waals surface area contributed by atoms with Crippen molar-refractivity contribution in [3.8, 4) is 5.75 Å². The van der Waals surface area contributed by atoms with Crippen molar-refractivity contribution in [2.75, 3.05) is 33.3 Å². The van der Waals surface area contributed by atoms with Gasteiger partial charge in [-0.3, -0.25) is 4.90 Å². The third-order valence-corrected chi connectivity index (χ3v) is 4.04. The van der Waals surface area contributed by atoms with Crippen molar-refractivity contribution in [3.63, 3.8) is 0 Å². The Balaban J connectivity index is 1.72. The minimum absolute atomic E-state index is 0.466. The SMILES string of the molecule is COc1ccc(C(O)CNCC(C)N2CCCC2)cc1. The number of aliphatic hydroxyl groups excluding tert-OH is 1. The van der Waals surface area contributed by atoms with E-state index >= 15 is 0 Å². The second-order valence-electron chi connectivity index (χ2n) is 5.54. The lowest BCUT2D eigenvalue weighted by Gasteiger charge is -2.24. The third-order valence-electron chi connectivity index (χ3n) is 4.04. The Labute approximate surface area is 121 Å². The summed E-state index contributed by atoms with van der Waals surface area (Å²) in [5.74, 6) is 0.816. The summed E-state index contributed by atoms with van der Waals surface area (Å²) in [5, 5.41) is 13.5. The topological polar surface area (TPSA) is 44.7 Å². The number of rotatable bonds is 7. The van der Waals surface area contributed by atoms with Gasteiger partial charge in [-0.25, -0.2) is 0 Å². The molecule has 112 valence electrons. The monoisotopic (exact) mass is 278 g/mol. The Hall–Kier alpha value is -1.10. The summed E-state index contributed by atoms with van der Waals surface area (Å²) in [5.41, 5.74) is 0.923. The maximum absolute atomic E-state index is 10.1. The molecule has 0 aromatic heterocycles. The molecule has 1 aliphatic heterocycles. The summed E-state index contributed by atoms with van der Waals surface area (Å²) >= 11 is 0. The van der Waals surface area contributed by atoms with Crippen LogP contribution in [0.15, 0.2) is 24.3 Å². The maximum Gasteiger partial charge on any atom is 0.118 e. The molecule has 1 saturated heterocycles. The number of nitrogens with one attached hydrogen (secondary N) is 1. The highest BCUT2D eigenvalue weighted by molar-refractivity contribution is 5.28. The van der Waals surface area contributed by atoms with Crippen molar-refractivity contribution in [1.82, 2.24) is 10.2 Å². The van der Waals surface area contributed by atoms with Crippen LogP contribution in [0.4, 0.5) is 0 Å². The molecule has 2 unspecified atom stereocenters. The standard InChI is InChI=1S/C16H26N2O2/c1-13(18-9-3-4-10-18)11-17-12-16(19)14-5-7-15(20-2)8-6-14/h5-8,13,16-17,19H,3-4,9-12H2,1-2H3. The molecule has 4 heteroatoms. The van der Waals surface area contributed by atoms with Gasteiger partial charge in [0.1, 0.15) is 5.75 Å². The average Bonchev–Trinajstić information content (AvgIpc) is 3.01. The minimum Gasteiger partial charge on any atom is -0.497 e. The zero-order valence-electron chi connectivity index (χ0n) is 12.5. The smallest absolute Gasteiger partial charge is 0.118 e. The van der Waals surface area contributed by atoms with Crippen LogP contribution in [0.2, 0.25) is 0 Å². The Morgan fingerprint density at radius 3 is 2.45 bits per heavy atom. The van der Waals surface area contributed by atoms with Gasteiger partial charge in [0, 0.05) is 19.1 Å². The fourth-order valence-corrected chi connectivity index (χ4v) is 2.68. The van der Waals surface area contributed by atoms with Crippen molar-refractivity contribution in [1.29, 1.82) is 0 Å². The molecule has 2 N–H and O–H groups in total. The maximum atomic E-state index is 10.1. The van der Waals surface area contributed by atoms with E-state index in [1.165, 1.54) is 25.9 Å². The molecule has 1 aromatic rings. The number of nitrogens with zero attached hydrogens (tertiary/aromatic N) is 1. The third kappa shape index (κ3) is 4.20. The highest BCUT2D eigenvalue weighted by Crippen LogP contribution is 2.17. The van der Waals surface area contributed by atoms with Gasteiger partial charge in [0.2, 0.25) is 0 Å². The molecule has 1 fully saturated rings. The number of likely N-dealkylation sites (tertiary alicyclic amines) is 1. The van der Waals surface area contributed by atoms with Crippen LogP contribution in [0.5, 0.6) is 5.75 Å². The predicted octanol–water partition coefficient (Wildman–Crippen LogP) is 1.80. The van der Waals surface area contributed by atoms with Gasteiger partial charge in [-0.05, 0) is 50.6 Å². The normalized spacial score (nSPS) is 18.9. The van der Waals surface area contributed by atoms with Crippen molar-refractivity contribution in [3.05, 3.63) is 29.8 Å². The van der Waals surface area contributed by atoms with E-state index in [4.69, 9.17) is 4.74 Å². The number of methoxy groups -OCH3 is 1. The summed E-state index contributed by atoms with van der Waals surface area (Å²) in [6, 6.07) is 8.13. The average molecular weight is 278 g/mol. The summed E-state index contributed by atoms with van der Waals surface area (Å²) < 4.78 is 5.12. The lowest BCUT2D eigenvalue weighted by Crippen LogP contribution is -2.39. The van der Waals surface area contributed by atoms with Crippen molar-refractivity contribution in [2.45, 2.75) is 31.9 Å². The van der Waals surface area contributed by atoms with Crippen LogP contribution in [-0.2, 0) is 0 Å². The predicted molar refractivity (Wildman–Crippen MR) is 81.1 cm³/mol. The zero-order chi connectivity index (χ0) is 14.4. The Morgan fingerprint density at radius 2 is 1.85 bits per heavy atom. The van der Waals surface area contributed by atoms with Crippen LogP contribution in [0.25, 0.3) is 0 Å². The zero-order valence-corrected chi connectivity index (χ0v) is 12.5. The van der Waals surface area contributed by atoms with E-state index in [9.17, 15) is 5.11 Å². The van der Waals surface area contributed by atoms with Crippen LogP contribution < -0.4 is 10.1 Å². The van der Waals surface area contributed by atoms with Crippen LogP contribution in [0.3, 0.4) is 0 Å². The van der Waals surface area contributed by atoms with E-state index in [0.717, 1.165) is 17.9 Å². The molecule has 0 aliphatic carbocycles. The Morgan fingerprint density at radius 1 is 1.20 bits per heavy atom. The van der Waals surface area contributed by atoms with Gasteiger partial charge in [0.15, 0.2) is 0 Å². The van der Waals surface area contributed by atoms with Crippen LogP contribution in [0.1, 0.15) is 31.4 Å². The minimum atomic E-state index is -0.466. The molecule has 20 heavy (non-hydrogen) atoms. The van der Waals surface area contributed by atoms with Gasteiger partial charge in [0.25, 0.3) is 0 Å². The molecule has 1 heterocycles. The van der Waals surface area contributed by atoms with Gasteiger partial charge in [-0.15, -0.1) is 0 Å². The first-order chi connectivity index (χ1) is 9.70. The van der Waals surface area contributed by atoms with E-state index < -0.39 is 6.10 Å². The molecular weight excluding hydrogens is 252 g/mol. The van der Waals surface area contributed by atoms with E-state index in [2.05, 4.69) is 17.1 Å². The lowest BCUT2D eigenvalue weighted by molar-refractivity contribution is 0.167. The fraction of sp³-hybridized carbons (Fsp3) is 0.625. The van der Waals surface area contributed by atoms with Gasteiger partial charge >= 0.3 is 0 Å². The molecule has 0 amide bonds. The van der Waals surface area contributed by atoms with E-state index in [-0.39, 0.29) is 0 Å². The molecule has 1 aromatic carbocycles. The van der Waals surface area contributed by atoms with Crippen LogP contribution in [0, 0.1) is 0 Å². The largest absolute Gasteiger partial charge is 0.497 e. The van der Waals surface area contributed by atoms with Crippen molar-refractivity contribution >= 4 is 0 Å². The first-order valence-electron chi connectivity index (χ1n) is 7.47. The molecule has 0 radical (unpaired) electrons. The number of aliphatic hydroxyl groups is 1. The molecule has 0 bridgehead atoms. The first kappa shape index (κ1) is 15.3. The van der Waals surface area contributed by atoms with Crippen LogP contribution in [-0.4, -0.2) is 49.3 Å². The number of benzene rings is 1. The molecule has 2 atom stereocenters. The quantitative estimate of drug-likeness (QED) is 0.798. The molecule has 1 aliphatic rings. The molecular formula is C16H26N2O2. The van der Waals surface area contributed by atoms with E-state index in [1.54, 1.807) is 7.11 Å². The molecule has 0 spiro atoms. The van der Waals surface area contributed by atoms with Crippen molar-refractivity contribution < 1.29 is 9.84 Å². The van der Waals surface area contributed by atoms with Crippen LogP contribution >= 0.6 is 0 Å². The Bertz CT molecular complexity index is 388. The van der Waals surface area contributed by atoms with Gasteiger partial charge in [-0.1, -0.05) is 12.1 Å². The van der Waals surface area contributed by atoms with Gasteiger partial charge in [-0.2, -0.15) is 0 Å². The summed E-state index contributed by atoms with van der Waals surface area (Å²) in [7, 11) is 1.65. The first-order valence-corrected chi connectivity index (χ1v) is 7.47. The second kappa shape index (κ2) is 7.62. The number of hydrogen-bond acceptors (Lipinski definition) is 4. The second-order valence-corrected chi connectivity index (χ2v) is 5.54. The fourth-order valence-electron chi connectivity index (χ4n) is 2.68. The molecule has 4 nitrogen and oxygen atoms in total. The molecule has 0 saturated carbocycles. The highest BCUT2D eigenvalue weighted by Gasteiger charge is 2.17. The Kier molecular flexibility index (Phi) is 5.83. The lowest BCUT2D eigenvalue weighted by atomic mass is 10.1.